The molecule has 1 saturated heterocycles. The largest absolute Gasteiger partial charge is 0.368 e. The highest BCUT2D eigenvalue weighted by Gasteiger charge is 2.27. The van der Waals surface area contributed by atoms with Gasteiger partial charge in [-0.25, -0.2) is 0 Å². The summed E-state index contributed by atoms with van der Waals surface area (Å²) in [5.74, 6) is 0.818. The number of hydrogen-bond donors (Lipinski definition) is 1. The molecule has 120 valence electrons. The van der Waals surface area contributed by atoms with E-state index in [2.05, 4.69) is 12.2 Å². The maximum absolute atomic E-state index is 11.9. The Labute approximate surface area is 127 Å². The molecule has 1 N–H and O–H groups in total. The van der Waals surface area contributed by atoms with Crippen LogP contribution in [-0.4, -0.2) is 48.6 Å². The number of hydrogen-bond acceptors (Lipinski definition) is 3. The Hall–Kier alpha value is -1.10. The number of likely N-dealkylation sites (tertiary alicyclic amines) is 1. The van der Waals surface area contributed by atoms with E-state index in [0.717, 1.165) is 25.8 Å². The molecular weight excluding hydrogens is 268 g/mol. The fourth-order valence-electron chi connectivity index (χ4n) is 3.32. The zero-order valence-electron chi connectivity index (χ0n) is 13.3. The molecule has 0 radical (unpaired) electrons. The van der Waals surface area contributed by atoms with Gasteiger partial charge in [0, 0.05) is 25.6 Å². The molecule has 0 aromatic carbocycles. The summed E-state index contributed by atoms with van der Waals surface area (Å²) < 4.78 is 5.73. The molecule has 0 bridgehead atoms. The van der Waals surface area contributed by atoms with Gasteiger partial charge < -0.3 is 15.0 Å². The second-order valence-electron chi connectivity index (χ2n) is 6.45. The van der Waals surface area contributed by atoms with Gasteiger partial charge in [-0.3, -0.25) is 9.59 Å². The molecule has 21 heavy (non-hydrogen) atoms. The van der Waals surface area contributed by atoms with Crippen molar-refractivity contribution in [2.75, 3.05) is 19.7 Å². The van der Waals surface area contributed by atoms with E-state index in [-0.39, 0.29) is 30.6 Å². The van der Waals surface area contributed by atoms with Gasteiger partial charge in [0.05, 0.1) is 6.10 Å². The number of nitrogens with zero attached hydrogens (tertiary/aromatic N) is 1. The van der Waals surface area contributed by atoms with Crippen LogP contribution in [0, 0.1) is 5.92 Å². The Bertz CT molecular complexity index is 373. The van der Waals surface area contributed by atoms with E-state index in [1.54, 1.807) is 0 Å². The Kier molecular flexibility index (Phi) is 6.03. The van der Waals surface area contributed by atoms with Crippen LogP contribution in [0.15, 0.2) is 0 Å². The molecule has 2 fully saturated rings. The van der Waals surface area contributed by atoms with Crippen molar-refractivity contribution in [1.82, 2.24) is 10.2 Å². The lowest BCUT2D eigenvalue weighted by Crippen LogP contribution is -2.40. The molecule has 1 aliphatic heterocycles. The molecule has 1 aliphatic carbocycles. The first-order chi connectivity index (χ1) is 10.1. The monoisotopic (exact) mass is 296 g/mol. The fraction of sp³-hybridized carbons (Fsp3) is 0.875. The first-order valence-corrected chi connectivity index (χ1v) is 8.27. The molecule has 0 aromatic rings. The Morgan fingerprint density at radius 1 is 1.29 bits per heavy atom. The Balaban J connectivity index is 1.65. The fourth-order valence-corrected chi connectivity index (χ4v) is 3.32. The first-order valence-electron chi connectivity index (χ1n) is 8.27. The van der Waals surface area contributed by atoms with Gasteiger partial charge in [-0.2, -0.15) is 0 Å². The van der Waals surface area contributed by atoms with Crippen molar-refractivity contribution in [3.63, 3.8) is 0 Å². The van der Waals surface area contributed by atoms with Crippen LogP contribution >= 0.6 is 0 Å². The minimum absolute atomic E-state index is 0.0518. The van der Waals surface area contributed by atoms with Crippen molar-refractivity contribution in [3.8, 4) is 0 Å². The van der Waals surface area contributed by atoms with E-state index in [9.17, 15) is 9.59 Å². The van der Waals surface area contributed by atoms with Crippen LogP contribution in [0.4, 0.5) is 0 Å². The third kappa shape index (κ3) is 4.99. The van der Waals surface area contributed by atoms with Gasteiger partial charge >= 0.3 is 0 Å². The quantitative estimate of drug-likeness (QED) is 0.840. The third-order valence-corrected chi connectivity index (χ3v) is 4.55. The number of rotatable bonds is 5. The number of ether oxygens (including phenoxy) is 1. The lowest BCUT2D eigenvalue weighted by Gasteiger charge is -2.26. The molecule has 2 amide bonds. The molecule has 2 aliphatic rings. The third-order valence-electron chi connectivity index (χ3n) is 4.55. The van der Waals surface area contributed by atoms with Crippen molar-refractivity contribution >= 4 is 11.8 Å². The van der Waals surface area contributed by atoms with Gasteiger partial charge in [-0.15, -0.1) is 0 Å². The van der Waals surface area contributed by atoms with Crippen LogP contribution in [0.3, 0.4) is 0 Å². The summed E-state index contributed by atoms with van der Waals surface area (Å²) in [7, 11) is 0. The van der Waals surface area contributed by atoms with Crippen LogP contribution in [0.25, 0.3) is 0 Å². The summed E-state index contributed by atoms with van der Waals surface area (Å²) in [6, 6.07) is 0.0851. The summed E-state index contributed by atoms with van der Waals surface area (Å²) in [5, 5.41) is 2.98. The molecule has 1 saturated carbocycles. The summed E-state index contributed by atoms with van der Waals surface area (Å²) in [4.78, 5) is 25.4. The minimum atomic E-state index is -0.0518. The van der Waals surface area contributed by atoms with Crippen LogP contribution in [-0.2, 0) is 14.3 Å². The minimum Gasteiger partial charge on any atom is -0.368 e. The predicted molar refractivity (Wildman–Crippen MR) is 80.8 cm³/mol. The van der Waals surface area contributed by atoms with Gasteiger partial charge in [0.25, 0.3) is 0 Å². The highest BCUT2D eigenvalue weighted by atomic mass is 16.5. The highest BCUT2D eigenvalue weighted by molar-refractivity contribution is 5.78. The van der Waals surface area contributed by atoms with Gasteiger partial charge in [0.2, 0.25) is 11.8 Å². The van der Waals surface area contributed by atoms with E-state index in [1.165, 1.54) is 12.8 Å². The van der Waals surface area contributed by atoms with Crippen LogP contribution in [0.5, 0.6) is 0 Å². The first kappa shape index (κ1) is 16.3. The smallest absolute Gasteiger partial charge is 0.246 e. The van der Waals surface area contributed by atoms with Crippen LogP contribution < -0.4 is 5.32 Å². The summed E-state index contributed by atoms with van der Waals surface area (Å²) >= 11 is 0. The average Bonchev–Trinajstić information content (AvgIpc) is 2.93. The molecule has 0 aromatic heterocycles. The maximum atomic E-state index is 11.9. The molecule has 3 atom stereocenters. The Morgan fingerprint density at radius 3 is 2.81 bits per heavy atom. The maximum Gasteiger partial charge on any atom is 0.246 e. The molecule has 1 heterocycles. The number of carbonyl (C=O) groups excluding carboxylic acids is 2. The number of amides is 2. The van der Waals surface area contributed by atoms with E-state index in [0.29, 0.717) is 18.9 Å². The predicted octanol–water partition coefficient (Wildman–Crippen LogP) is 1.71. The summed E-state index contributed by atoms with van der Waals surface area (Å²) in [6.45, 7) is 5.65. The molecule has 0 unspecified atom stereocenters. The highest BCUT2D eigenvalue weighted by Crippen LogP contribution is 2.25. The van der Waals surface area contributed by atoms with Crippen molar-refractivity contribution in [2.45, 2.75) is 64.5 Å². The van der Waals surface area contributed by atoms with Crippen molar-refractivity contribution in [2.24, 2.45) is 5.92 Å². The lowest BCUT2D eigenvalue weighted by atomic mass is 9.89. The summed E-state index contributed by atoms with van der Waals surface area (Å²) in [6.07, 6.45) is 6.22. The van der Waals surface area contributed by atoms with E-state index in [1.807, 2.05) is 11.8 Å². The second kappa shape index (κ2) is 7.78. The molecule has 5 nitrogen and oxygen atoms in total. The average molecular weight is 296 g/mol. The van der Waals surface area contributed by atoms with Crippen molar-refractivity contribution in [1.29, 1.82) is 0 Å². The van der Waals surface area contributed by atoms with Crippen molar-refractivity contribution < 1.29 is 14.3 Å². The topological polar surface area (TPSA) is 58.6 Å². The molecule has 5 heteroatoms. The number of nitrogens with one attached hydrogen (secondary N) is 1. The normalized spacial score (nSPS) is 29.4. The van der Waals surface area contributed by atoms with E-state index in [4.69, 9.17) is 4.74 Å². The summed E-state index contributed by atoms with van der Waals surface area (Å²) in [5.41, 5.74) is 0. The van der Waals surface area contributed by atoms with E-state index >= 15 is 0 Å². The Morgan fingerprint density at radius 2 is 2.10 bits per heavy atom. The van der Waals surface area contributed by atoms with Gasteiger partial charge in [-0.1, -0.05) is 26.7 Å². The van der Waals surface area contributed by atoms with Gasteiger partial charge in [0.1, 0.15) is 6.61 Å². The van der Waals surface area contributed by atoms with Gasteiger partial charge in [0.15, 0.2) is 0 Å². The van der Waals surface area contributed by atoms with E-state index < -0.39 is 0 Å². The van der Waals surface area contributed by atoms with Crippen LogP contribution in [0.1, 0.15) is 52.4 Å². The second-order valence-corrected chi connectivity index (χ2v) is 6.45. The SMILES string of the molecule is CCC(=O)N1CC[C@H](NC(=O)CO[C@@H]2CCC[C@@H](C)C2)C1. The molecule has 2 rings (SSSR count). The van der Waals surface area contributed by atoms with Crippen molar-refractivity contribution in [3.05, 3.63) is 0 Å². The van der Waals surface area contributed by atoms with Gasteiger partial charge in [-0.05, 0) is 25.2 Å². The molecule has 0 spiro atoms. The molecular formula is C16H28N2O3. The lowest BCUT2D eigenvalue weighted by molar-refractivity contribution is -0.131. The van der Waals surface area contributed by atoms with Crippen LogP contribution in [0.2, 0.25) is 0 Å². The standard InChI is InChI=1S/C16H28N2O3/c1-3-16(20)18-8-7-13(10-18)17-15(19)11-21-14-6-4-5-12(2)9-14/h12-14H,3-11H2,1-2H3,(H,17,19)/t12-,13+,14-/m1/s1. The zero-order valence-corrected chi connectivity index (χ0v) is 13.3. The number of carbonyl (C=O) groups is 2. The zero-order chi connectivity index (χ0) is 15.2.